The number of ether oxygens (including phenoxy) is 3. The number of phenolic OH excluding ortho intramolecular Hbond substituents is 1. The fraction of sp³-hybridized carbons (Fsp3) is 0.125. The van der Waals surface area contributed by atoms with Crippen LogP contribution in [0.4, 0.5) is 4.39 Å². The summed E-state index contributed by atoms with van der Waals surface area (Å²) < 4.78 is 30.8. The molecule has 6 nitrogen and oxygen atoms in total. The lowest BCUT2D eigenvalue weighted by Gasteiger charge is -2.12. The molecule has 0 aliphatic carbocycles. The van der Waals surface area contributed by atoms with Crippen molar-refractivity contribution in [2.75, 3.05) is 7.11 Å². The zero-order chi connectivity index (χ0) is 22.7. The monoisotopic (exact) mass is 454 g/mol. The lowest BCUT2D eigenvalue weighted by atomic mass is 10.1. The van der Waals surface area contributed by atoms with Crippen LogP contribution in [0, 0.1) is 12.7 Å². The number of nitrogens with zero attached hydrogens (tertiary/aromatic N) is 1. The molecule has 0 spiro atoms. The van der Waals surface area contributed by atoms with E-state index in [1.54, 1.807) is 37.4 Å². The number of aromatic nitrogens is 2. The average Bonchev–Trinajstić information content (AvgIpc) is 3.13. The molecule has 1 aromatic heterocycles. The Bertz CT molecular complexity index is 1240. The molecule has 4 aromatic rings. The summed E-state index contributed by atoms with van der Waals surface area (Å²) in [6.45, 7) is 1.74. The average molecular weight is 455 g/mol. The van der Waals surface area contributed by atoms with E-state index in [4.69, 9.17) is 25.8 Å². The van der Waals surface area contributed by atoms with Crippen molar-refractivity contribution < 1.29 is 23.7 Å². The molecule has 4 rings (SSSR count). The molecule has 0 bridgehead atoms. The Morgan fingerprint density at radius 3 is 2.56 bits per heavy atom. The van der Waals surface area contributed by atoms with Crippen LogP contribution in [0.3, 0.4) is 0 Å². The van der Waals surface area contributed by atoms with Crippen LogP contribution in [0.25, 0.3) is 11.3 Å². The van der Waals surface area contributed by atoms with Gasteiger partial charge in [-0.05, 0) is 43.3 Å². The second kappa shape index (κ2) is 9.20. The first-order valence-electron chi connectivity index (χ1n) is 9.72. The first-order chi connectivity index (χ1) is 15.5. The lowest BCUT2D eigenvalue weighted by Crippen LogP contribution is -1.99. The predicted molar refractivity (Wildman–Crippen MR) is 119 cm³/mol. The van der Waals surface area contributed by atoms with E-state index in [-0.39, 0.29) is 22.9 Å². The minimum Gasteiger partial charge on any atom is -0.507 e. The fourth-order valence-corrected chi connectivity index (χ4v) is 3.35. The first kappa shape index (κ1) is 21.5. The number of benzene rings is 3. The molecular weight excluding hydrogens is 435 g/mol. The number of aryl methyl sites for hydroxylation is 1. The maximum atomic E-state index is 13.9. The zero-order valence-corrected chi connectivity index (χ0v) is 18.1. The van der Waals surface area contributed by atoms with E-state index in [1.807, 2.05) is 19.1 Å². The van der Waals surface area contributed by atoms with Gasteiger partial charge in [0.05, 0.1) is 17.8 Å². The van der Waals surface area contributed by atoms with E-state index in [9.17, 15) is 9.50 Å². The first-order valence-corrected chi connectivity index (χ1v) is 10.1. The largest absolute Gasteiger partial charge is 0.507 e. The summed E-state index contributed by atoms with van der Waals surface area (Å²) in [6, 6.07) is 16.4. The summed E-state index contributed by atoms with van der Waals surface area (Å²) >= 11 is 6.03. The summed E-state index contributed by atoms with van der Waals surface area (Å²) in [5, 5.41) is 18.1. The molecule has 164 valence electrons. The molecule has 0 saturated carbocycles. The Labute approximate surface area is 189 Å². The SMILES string of the molecule is COc1cccc(Oc2c(-c3ccc(OCc4c(F)cccc4Cl)cc3O)n[nH]c2C)c1. The third-order valence-electron chi connectivity index (χ3n) is 4.82. The van der Waals surface area contributed by atoms with Crippen molar-refractivity contribution >= 4 is 11.6 Å². The van der Waals surface area contributed by atoms with Gasteiger partial charge in [-0.2, -0.15) is 5.10 Å². The summed E-state index contributed by atoms with van der Waals surface area (Å²) in [4.78, 5) is 0. The van der Waals surface area contributed by atoms with Crippen molar-refractivity contribution in [2.45, 2.75) is 13.5 Å². The number of aromatic amines is 1. The van der Waals surface area contributed by atoms with Gasteiger partial charge in [0.1, 0.15) is 41.1 Å². The molecule has 0 amide bonds. The van der Waals surface area contributed by atoms with Crippen LogP contribution >= 0.6 is 11.6 Å². The molecule has 0 saturated heterocycles. The lowest BCUT2D eigenvalue weighted by molar-refractivity contribution is 0.298. The Morgan fingerprint density at radius 2 is 1.81 bits per heavy atom. The fourth-order valence-electron chi connectivity index (χ4n) is 3.14. The molecule has 3 aromatic carbocycles. The zero-order valence-electron chi connectivity index (χ0n) is 17.4. The minimum atomic E-state index is -0.454. The second-order valence-electron chi connectivity index (χ2n) is 6.98. The van der Waals surface area contributed by atoms with Gasteiger partial charge in [-0.15, -0.1) is 0 Å². The third kappa shape index (κ3) is 4.48. The van der Waals surface area contributed by atoms with Crippen LogP contribution in [-0.4, -0.2) is 22.4 Å². The van der Waals surface area contributed by atoms with Crippen molar-refractivity contribution in [1.29, 1.82) is 0 Å². The maximum absolute atomic E-state index is 13.9. The van der Waals surface area contributed by atoms with Gasteiger partial charge in [-0.25, -0.2) is 4.39 Å². The Hall–Kier alpha value is -3.71. The van der Waals surface area contributed by atoms with Crippen LogP contribution in [-0.2, 0) is 6.61 Å². The van der Waals surface area contributed by atoms with Crippen LogP contribution in [0.15, 0.2) is 60.7 Å². The highest BCUT2D eigenvalue weighted by atomic mass is 35.5. The summed E-state index contributed by atoms with van der Waals surface area (Å²) in [7, 11) is 1.58. The van der Waals surface area contributed by atoms with Crippen molar-refractivity contribution in [2.24, 2.45) is 0 Å². The molecule has 8 heteroatoms. The molecular formula is C24H20ClFN2O4. The number of hydrogen-bond acceptors (Lipinski definition) is 5. The number of rotatable bonds is 7. The number of aromatic hydroxyl groups is 1. The molecule has 0 atom stereocenters. The quantitative estimate of drug-likeness (QED) is 0.344. The van der Waals surface area contributed by atoms with Gasteiger partial charge in [0.2, 0.25) is 0 Å². The third-order valence-corrected chi connectivity index (χ3v) is 5.18. The second-order valence-corrected chi connectivity index (χ2v) is 7.38. The van der Waals surface area contributed by atoms with Gasteiger partial charge in [0.15, 0.2) is 5.75 Å². The van der Waals surface area contributed by atoms with E-state index in [0.717, 1.165) is 0 Å². The van der Waals surface area contributed by atoms with Crippen LogP contribution < -0.4 is 14.2 Å². The van der Waals surface area contributed by atoms with Gasteiger partial charge in [0.25, 0.3) is 0 Å². The molecule has 0 radical (unpaired) electrons. The summed E-state index contributed by atoms with van der Waals surface area (Å²) in [5.41, 5.74) is 1.82. The van der Waals surface area contributed by atoms with Crippen LogP contribution in [0.1, 0.15) is 11.3 Å². The van der Waals surface area contributed by atoms with Gasteiger partial charge >= 0.3 is 0 Å². The van der Waals surface area contributed by atoms with Gasteiger partial charge in [-0.3, -0.25) is 5.10 Å². The summed E-state index contributed by atoms with van der Waals surface area (Å²) in [5.74, 6) is 1.53. The number of methoxy groups -OCH3 is 1. The molecule has 2 N–H and O–H groups in total. The molecule has 0 aliphatic heterocycles. The van der Waals surface area contributed by atoms with Gasteiger partial charge < -0.3 is 19.3 Å². The van der Waals surface area contributed by atoms with Crippen molar-refractivity contribution in [3.8, 4) is 40.0 Å². The molecule has 0 unspecified atom stereocenters. The Balaban J connectivity index is 1.57. The van der Waals surface area contributed by atoms with E-state index >= 15 is 0 Å². The Kier molecular flexibility index (Phi) is 6.18. The van der Waals surface area contributed by atoms with Crippen LogP contribution in [0.2, 0.25) is 5.02 Å². The maximum Gasteiger partial charge on any atom is 0.176 e. The standard InChI is InChI=1S/C24H20ClFN2O4/c1-14-24(32-17-6-3-5-15(11-17)30-2)23(28-27-14)18-10-9-16(12-22(18)29)31-13-19-20(25)7-4-8-21(19)26/h3-12,29H,13H2,1-2H3,(H,27,28). The number of halogens is 2. The number of phenols is 1. The molecule has 0 fully saturated rings. The minimum absolute atomic E-state index is 0.0656. The van der Waals surface area contributed by atoms with Gasteiger partial charge in [-0.1, -0.05) is 23.7 Å². The molecule has 0 aliphatic rings. The number of H-pyrrole nitrogens is 1. The van der Waals surface area contributed by atoms with Crippen molar-refractivity contribution in [3.63, 3.8) is 0 Å². The highest BCUT2D eigenvalue weighted by Gasteiger charge is 2.19. The van der Waals surface area contributed by atoms with Gasteiger partial charge in [0, 0.05) is 23.3 Å². The highest BCUT2D eigenvalue weighted by Crippen LogP contribution is 2.40. The van der Waals surface area contributed by atoms with Crippen molar-refractivity contribution in [1.82, 2.24) is 10.2 Å². The normalized spacial score (nSPS) is 10.8. The highest BCUT2D eigenvalue weighted by molar-refractivity contribution is 6.31. The van der Waals surface area contributed by atoms with E-state index in [1.165, 1.54) is 18.2 Å². The van der Waals surface area contributed by atoms with Crippen LogP contribution in [0.5, 0.6) is 28.7 Å². The molecule has 32 heavy (non-hydrogen) atoms. The number of nitrogens with one attached hydrogen (secondary N) is 1. The topological polar surface area (TPSA) is 76.6 Å². The van der Waals surface area contributed by atoms with E-state index in [0.29, 0.717) is 39.9 Å². The predicted octanol–water partition coefficient (Wildman–Crippen LogP) is 6.26. The Morgan fingerprint density at radius 1 is 1.03 bits per heavy atom. The van der Waals surface area contributed by atoms with E-state index in [2.05, 4.69) is 10.2 Å². The number of hydrogen-bond donors (Lipinski definition) is 2. The smallest absolute Gasteiger partial charge is 0.176 e. The van der Waals surface area contributed by atoms with E-state index < -0.39 is 5.82 Å². The molecule has 1 heterocycles. The van der Waals surface area contributed by atoms with Crippen molar-refractivity contribution in [3.05, 3.63) is 82.8 Å². The summed E-state index contributed by atoms with van der Waals surface area (Å²) in [6.07, 6.45) is 0.